The van der Waals surface area contributed by atoms with Gasteiger partial charge in [-0.15, -0.1) is 0 Å². The fourth-order valence-electron chi connectivity index (χ4n) is 3.89. The van der Waals surface area contributed by atoms with Crippen molar-refractivity contribution in [1.29, 1.82) is 0 Å². The van der Waals surface area contributed by atoms with Gasteiger partial charge in [0.1, 0.15) is 5.82 Å². The van der Waals surface area contributed by atoms with Crippen LogP contribution in [0.3, 0.4) is 0 Å². The van der Waals surface area contributed by atoms with Crippen molar-refractivity contribution in [1.82, 2.24) is 20.0 Å². The topological polar surface area (TPSA) is 84.2 Å². The number of alkyl halides is 3. The molecular formula is C23H18F3N5O2. The lowest BCUT2D eigenvalue weighted by Crippen LogP contribution is -2.29. The molecule has 0 spiro atoms. The maximum absolute atomic E-state index is 13.0. The van der Waals surface area contributed by atoms with Gasteiger partial charge in [0.25, 0.3) is 5.91 Å². The van der Waals surface area contributed by atoms with Crippen LogP contribution in [0.5, 0.6) is 0 Å². The van der Waals surface area contributed by atoms with Crippen molar-refractivity contribution in [2.75, 3.05) is 18.4 Å². The average molecular weight is 453 g/mol. The SMILES string of the molecule is Cc1nc(-c2ccc3ccnc(NCCN4Cc5ccc(C(F)(F)F)cc5C4=O)c3c2)no1. The minimum atomic E-state index is -4.48. The average Bonchev–Trinajstić information content (AvgIpc) is 3.36. The highest BCUT2D eigenvalue weighted by Crippen LogP contribution is 2.33. The summed E-state index contributed by atoms with van der Waals surface area (Å²) in [6, 6.07) is 10.9. The second kappa shape index (κ2) is 7.88. The van der Waals surface area contributed by atoms with E-state index in [4.69, 9.17) is 4.52 Å². The highest BCUT2D eigenvalue weighted by Gasteiger charge is 2.34. The predicted molar refractivity (Wildman–Crippen MR) is 114 cm³/mol. The molecule has 33 heavy (non-hydrogen) atoms. The van der Waals surface area contributed by atoms with E-state index >= 15 is 0 Å². The molecule has 1 aliphatic heterocycles. The number of aromatic nitrogens is 3. The lowest BCUT2D eigenvalue weighted by atomic mass is 10.1. The van der Waals surface area contributed by atoms with Crippen molar-refractivity contribution < 1.29 is 22.5 Å². The molecule has 2 aromatic heterocycles. The smallest absolute Gasteiger partial charge is 0.368 e. The number of fused-ring (bicyclic) bond motifs is 2. The van der Waals surface area contributed by atoms with Gasteiger partial charge in [-0.1, -0.05) is 23.4 Å². The van der Waals surface area contributed by atoms with Crippen molar-refractivity contribution >= 4 is 22.5 Å². The van der Waals surface area contributed by atoms with Gasteiger partial charge in [0.2, 0.25) is 11.7 Å². The van der Waals surface area contributed by atoms with Crippen LogP contribution in [0, 0.1) is 6.92 Å². The van der Waals surface area contributed by atoms with Gasteiger partial charge in [-0.3, -0.25) is 4.79 Å². The Balaban J connectivity index is 1.31. The number of anilines is 1. The van der Waals surface area contributed by atoms with Crippen molar-refractivity contribution in [3.05, 3.63) is 71.2 Å². The molecule has 7 nitrogen and oxygen atoms in total. The fourth-order valence-corrected chi connectivity index (χ4v) is 3.89. The van der Waals surface area contributed by atoms with E-state index in [0.717, 1.165) is 28.5 Å². The Hall–Kier alpha value is -3.95. The van der Waals surface area contributed by atoms with E-state index in [0.29, 0.717) is 36.2 Å². The first kappa shape index (κ1) is 20.9. The van der Waals surface area contributed by atoms with Crippen molar-refractivity contribution in [2.45, 2.75) is 19.6 Å². The molecule has 10 heteroatoms. The molecule has 0 aliphatic carbocycles. The van der Waals surface area contributed by atoms with Gasteiger partial charge >= 0.3 is 6.18 Å². The molecule has 0 saturated heterocycles. The normalized spacial score (nSPS) is 13.6. The highest BCUT2D eigenvalue weighted by molar-refractivity contribution is 5.98. The summed E-state index contributed by atoms with van der Waals surface area (Å²) in [5.41, 5.74) is 0.660. The van der Waals surface area contributed by atoms with Crippen LogP contribution in [0.2, 0.25) is 0 Å². The molecule has 1 N–H and O–H groups in total. The third-order valence-electron chi connectivity index (χ3n) is 5.54. The molecule has 0 fully saturated rings. The summed E-state index contributed by atoms with van der Waals surface area (Å²) in [7, 11) is 0. The zero-order valence-corrected chi connectivity index (χ0v) is 17.5. The second-order valence-electron chi connectivity index (χ2n) is 7.76. The lowest BCUT2D eigenvalue weighted by Gasteiger charge is -2.17. The third-order valence-corrected chi connectivity index (χ3v) is 5.54. The molecule has 0 radical (unpaired) electrons. The van der Waals surface area contributed by atoms with Crippen LogP contribution in [0.4, 0.5) is 19.0 Å². The van der Waals surface area contributed by atoms with Gasteiger partial charge in [-0.2, -0.15) is 18.2 Å². The van der Waals surface area contributed by atoms with E-state index in [-0.39, 0.29) is 12.1 Å². The first-order chi connectivity index (χ1) is 15.8. The van der Waals surface area contributed by atoms with E-state index in [1.807, 2.05) is 24.3 Å². The Morgan fingerprint density at radius 2 is 2.00 bits per heavy atom. The molecule has 1 aliphatic rings. The van der Waals surface area contributed by atoms with E-state index < -0.39 is 17.6 Å². The van der Waals surface area contributed by atoms with Crippen LogP contribution in [0.25, 0.3) is 22.2 Å². The fraction of sp³-hybridized carbons (Fsp3) is 0.217. The first-order valence-corrected chi connectivity index (χ1v) is 10.2. The standard InChI is InChI=1S/C23H18F3N5O2/c1-13-29-20(30-33-13)15-3-2-14-6-7-27-21(18(14)10-15)28-8-9-31-12-16-4-5-17(23(24,25)26)11-19(16)22(31)32/h2-7,10-11H,8-9,12H2,1H3,(H,27,28). The number of nitrogens with zero attached hydrogens (tertiary/aromatic N) is 4. The Bertz CT molecular complexity index is 1370. The van der Waals surface area contributed by atoms with Crippen molar-refractivity contribution in [3.63, 3.8) is 0 Å². The summed E-state index contributed by atoms with van der Waals surface area (Å²) in [6.07, 6.45) is -2.80. The molecule has 0 bridgehead atoms. The molecule has 4 aromatic rings. The highest BCUT2D eigenvalue weighted by atomic mass is 19.4. The predicted octanol–water partition coefficient (Wildman–Crippen LogP) is 4.68. The lowest BCUT2D eigenvalue weighted by molar-refractivity contribution is -0.137. The number of amides is 1. The maximum Gasteiger partial charge on any atom is 0.416 e. The molecule has 3 heterocycles. The molecule has 0 atom stereocenters. The van der Waals surface area contributed by atoms with Crippen LogP contribution >= 0.6 is 0 Å². The van der Waals surface area contributed by atoms with Crippen LogP contribution < -0.4 is 5.32 Å². The Labute approximate surface area is 186 Å². The number of benzene rings is 2. The number of hydrogen-bond acceptors (Lipinski definition) is 6. The monoisotopic (exact) mass is 453 g/mol. The van der Waals surface area contributed by atoms with E-state index in [1.165, 1.54) is 11.0 Å². The second-order valence-corrected chi connectivity index (χ2v) is 7.76. The number of halogens is 3. The molecular weight excluding hydrogens is 435 g/mol. The summed E-state index contributed by atoms with van der Waals surface area (Å²) >= 11 is 0. The Morgan fingerprint density at radius 3 is 2.76 bits per heavy atom. The summed E-state index contributed by atoms with van der Waals surface area (Å²) in [5, 5.41) is 8.99. The first-order valence-electron chi connectivity index (χ1n) is 10.2. The number of carbonyl (C=O) groups is 1. The number of carbonyl (C=O) groups excluding carboxylic acids is 1. The number of aryl methyl sites for hydroxylation is 1. The summed E-state index contributed by atoms with van der Waals surface area (Å²) < 4.78 is 44.0. The number of hydrogen-bond donors (Lipinski definition) is 1. The van der Waals surface area contributed by atoms with E-state index in [2.05, 4.69) is 20.4 Å². The number of pyridine rings is 1. The van der Waals surface area contributed by atoms with E-state index in [1.54, 1.807) is 13.1 Å². The van der Waals surface area contributed by atoms with Crippen LogP contribution in [0.15, 0.2) is 53.2 Å². The van der Waals surface area contributed by atoms with Gasteiger partial charge in [0.05, 0.1) is 5.56 Å². The number of rotatable bonds is 5. The molecule has 5 rings (SSSR count). The summed E-state index contributed by atoms with van der Waals surface area (Å²) in [5.74, 6) is 1.16. The van der Waals surface area contributed by atoms with Crippen molar-refractivity contribution in [2.24, 2.45) is 0 Å². The van der Waals surface area contributed by atoms with Gasteiger partial charge in [-0.25, -0.2) is 4.98 Å². The minimum Gasteiger partial charge on any atom is -0.368 e. The molecule has 1 amide bonds. The van der Waals surface area contributed by atoms with Crippen LogP contribution in [0.1, 0.15) is 27.4 Å². The molecule has 2 aromatic carbocycles. The number of nitrogens with one attached hydrogen (secondary N) is 1. The largest absolute Gasteiger partial charge is 0.416 e. The molecule has 0 unspecified atom stereocenters. The van der Waals surface area contributed by atoms with E-state index in [9.17, 15) is 18.0 Å². The van der Waals surface area contributed by atoms with Gasteiger partial charge in [0, 0.05) is 49.3 Å². The Morgan fingerprint density at radius 1 is 1.15 bits per heavy atom. The molecule has 0 saturated carbocycles. The van der Waals surface area contributed by atoms with Crippen molar-refractivity contribution in [3.8, 4) is 11.4 Å². The zero-order chi connectivity index (χ0) is 23.2. The van der Waals surface area contributed by atoms with Gasteiger partial charge in [0.15, 0.2) is 0 Å². The van der Waals surface area contributed by atoms with Gasteiger partial charge in [-0.05, 0) is 35.2 Å². The third kappa shape index (κ3) is 3.99. The van der Waals surface area contributed by atoms with Crippen LogP contribution in [-0.2, 0) is 12.7 Å². The maximum atomic E-state index is 13.0. The zero-order valence-electron chi connectivity index (χ0n) is 17.5. The Kier molecular flexibility index (Phi) is 4.99. The van der Waals surface area contributed by atoms with Gasteiger partial charge < -0.3 is 14.7 Å². The quantitative estimate of drug-likeness (QED) is 0.472. The summed E-state index contributed by atoms with van der Waals surface area (Å²) in [6.45, 7) is 2.69. The minimum absolute atomic E-state index is 0.105. The van der Waals surface area contributed by atoms with Crippen LogP contribution in [-0.4, -0.2) is 39.0 Å². The molecule has 168 valence electrons. The summed E-state index contributed by atoms with van der Waals surface area (Å²) in [4.78, 5) is 22.8.